The van der Waals surface area contributed by atoms with Gasteiger partial charge in [-0.3, -0.25) is 4.79 Å². The van der Waals surface area contributed by atoms with Gasteiger partial charge in [-0.25, -0.2) is 4.39 Å². The molecule has 1 aromatic carbocycles. The molecular weight excluding hydrogens is 275 g/mol. The average Bonchev–Trinajstić information content (AvgIpc) is 2.76. The minimum atomic E-state index is -0.396. The third-order valence-corrected chi connectivity index (χ3v) is 5.75. The maximum atomic E-state index is 13.6. The first-order valence-electron chi connectivity index (χ1n) is 7.28. The van der Waals surface area contributed by atoms with Crippen LogP contribution in [0.25, 0.3) is 0 Å². The second kappa shape index (κ2) is 5.76. The van der Waals surface area contributed by atoms with E-state index in [1.807, 2.05) is 18.7 Å². The molecule has 2 aliphatic rings. The number of fused-ring (bicyclic) bond motifs is 2. The Hall–Kier alpha value is -1.03. The molecule has 2 unspecified atom stereocenters. The lowest BCUT2D eigenvalue weighted by atomic mass is 9.90. The number of thioether (sulfide) groups is 1. The van der Waals surface area contributed by atoms with E-state index in [-0.39, 0.29) is 11.7 Å². The highest BCUT2D eigenvalue weighted by Crippen LogP contribution is 2.46. The molecule has 1 aromatic rings. The minimum Gasteiger partial charge on any atom is -0.494 e. The molecule has 0 amide bonds. The summed E-state index contributed by atoms with van der Waals surface area (Å²) in [5, 5.41) is 1.25. The van der Waals surface area contributed by atoms with Crippen molar-refractivity contribution in [3.63, 3.8) is 0 Å². The summed E-state index contributed by atoms with van der Waals surface area (Å²) in [6.45, 7) is 2.32. The van der Waals surface area contributed by atoms with Crippen molar-refractivity contribution in [1.82, 2.24) is 0 Å². The van der Waals surface area contributed by atoms with Gasteiger partial charge in [0.1, 0.15) is 11.6 Å². The van der Waals surface area contributed by atoms with E-state index >= 15 is 0 Å². The van der Waals surface area contributed by atoms with Crippen LogP contribution in [-0.4, -0.2) is 22.9 Å². The number of benzene rings is 1. The van der Waals surface area contributed by atoms with Crippen molar-refractivity contribution in [2.24, 2.45) is 5.92 Å². The third-order valence-electron chi connectivity index (χ3n) is 4.13. The molecule has 0 N–H and O–H groups in total. The van der Waals surface area contributed by atoms with Crippen LogP contribution in [-0.2, 0) is 0 Å². The topological polar surface area (TPSA) is 26.3 Å². The maximum Gasteiger partial charge on any atom is 0.166 e. The summed E-state index contributed by atoms with van der Waals surface area (Å²) in [4.78, 5) is 12.6. The molecule has 0 aliphatic carbocycles. The number of ketones is 1. The normalized spacial score (nSPS) is 28.4. The minimum absolute atomic E-state index is 0.0602. The highest BCUT2D eigenvalue weighted by molar-refractivity contribution is 8.00. The molecule has 0 saturated carbocycles. The van der Waals surface area contributed by atoms with E-state index in [9.17, 15) is 9.18 Å². The molecular formula is C16H19FO2S. The molecule has 2 atom stereocenters. The van der Waals surface area contributed by atoms with Gasteiger partial charge in [-0.05, 0) is 44.7 Å². The van der Waals surface area contributed by atoms with Gasteiger partial charge in [0.05, 0.1) is 6.61 Å². The van der Waals surface area contributed by atoms with Gasteiger partial charge in [-0.15, -0.1) is 0 Å². The van der Waals surface area contributed by atoms with Crippen LogP contribution < -0.4 is 4.74 Å². The van der Waals surface area contributed by atoms with Crippen LogP contribution in [0, 0.1) is 11.7 Å². The summed E-state index contributed by atoms with van der Waals surface area (Å²) >= 11 is 2.03. The predicted molar refractivity (Wildman–Crippen MR) is 79.0 cm³/mol. The summed E-state index contributed by atoms with van der Waals surface area (Å²) in [5.74, 6) is 0.198. The zero-order chi connectivity index (χ0) is 14.1. The number of carbonyl (C=O) groups excluding carboxylic acids is 1. The van der Waals surface area contributed by atoms with Crippen LogP contribution in [0.4, 0.5) is 4.39 Å². The molecule has 2 nitrogen and oxygen atoms in total. The number of carbonyl (C=O) groups is 1. The highest BCUT2D eigenvalue weighted by atomic mass is 32.2. The van der Waals surface area contributed by atoms with E-state index in [4.69, 9.17) is 4.74 Å². The Labute approximate surface area is 123 Å². The van der Waals surface area contributed by atoms with Gasteiger partial charge in [0.25, 0.3) is 0 Å². The standard InChI is InChI=1S/C16H19FO2S/c1-2-19-13-6-10(5-12(17)9-13)16(18)11-7-14-3-4-15(8-11)20-14/h5-6,9,11,14-15H,2-4,7-8H2,1H3. The molecule has 2 aliphatic heterocycles. The molecule has 0 aromatic heterocycles. The van der Waals surface area contributed by atoms with Crippen molar-refractivity contribution in [2.45, 2.75) is 43.1 Å². The van der Waals surface area contributed by atoms with E-state index < -0.39 is 5.82 Å². The Bertz CT molecular complexity index is 505. The molecule has 2 saturated heterocycles. The van der Waals surface area contributed by atoms with Crippen LogP contribution in [0.1, 0.15) is 43.0 Å². The van der Waals surface area contributed by atoms with Crippen molar-refractivity contribution in [3.8, 4) is 5.75 Å². The van der Waals surface area contributed by atoms with E-state index in [0.717, 1.165) is 12.8 Å². The first-order valence-corrected chi connectivity index (χ1v) is 8.23. The molecule has 108 valence electrons. The lowest BCUT2D eigenvalue weighted by Gasteiger charge is -2.26. The largest absolute Gasteiger partial charge is 0.494 e. The van der Waals surface area contributed by atoms with E-state index in [0.29, 0.717) is 28.4 Å². The number of halogens is 1. The third kappa shape index (κ3) is 2.85. The van der Waals surface area contributed by atoms with Crippen molar-refractivity contribution in [1.29, 1.82) is 0 Å². The summed E-state index contributed by atoms with van der Waals surface area (Å²) in [6, 6.07) is 4.35. The first-order chi connectivity index (χ1) is 9.65. The molecule has 2 heterocycles. The second-order valence-electron chi connectivity index (χ2n) is 5.60. The fraction of sp³-hybridized carbons (Fsp3) is 0.562. The summed E-state index contributed by atoms with van der Waals surface area (Å²) in [5.41, 5.74) is 0.463. The van der Waals surface area contributed by atoms with Crippen molar-refractivity contribution in [2.75, 3.05) is 6.61 Å². The Kier molecular flexibility index (Phi) is 4.01. The Morgan fingerprint density at radius 1 is 1.30 bits per heavy atom. The molecule has 20 heavy (non-hydrogen) atoms. The van der Waals surface area contributed by atoms with Crippen molar-refractivity contribution < 1.29 is 13.9 Å². The van der Waals surface area contributed by atoms with Crippen LogP contribution in [0.2, 0.25) is 0 Å². The van der Waals surface area contributed by atoms with Crippen LogP contribution in [0.3, 0.4) is 0 Å². The monoisotopic (exact) mass is 294 g/mol. The fourth-order valence-corrected chi connectivity index (χ4v) is 5.04. The van der Waals surface area contributed by atoms with E-state index in [1.54, 1.807) is 6.07 Å². The molecule has 4 heteroatoms. The Balaban J connectivity index is 1.79. The SMILES string of the molecule is CCOc1cc(F)cc(C(=O)C2CC3CCC(C2)S3)c1. The number of rotatable bonds is 4. The van der Waals surface area contributed by atoms with E-state index in [1.165, 1.54) is 25.0 Å². The van der Waals surface area contributed by atoms with E-state index in [2.05, 4.69) is 0 Å². The summed E-state index contributed by atoms with van der Waals surface area (Å²) in [6.07, 6.45) is 4.35. The summed E-state index contributed by atoms with van der Waals surface area (Å²) < 4.78 is 18.9. The number of ether oxygens (including phenoxy) is 1. The van der Waals surface area contributed by atoms with Gasteiger partial charge >= 0.3 is 0 Å². The van der Waals surface area contributed by atoms with Gasteiger partial charge in [0.15, 0.2) is 5.78 Å². The quantitative estimate of drug-likeness (QED) is 0.783. The lowest BCUT2D eigenvalue weighted by Crippen LogP contribution is -2.24. The van der Waals surface area contributed by atoms with Crippen molar-refractivity contribution in [3.05, 3.63) is 29.6 Å². The summed E-state index contributed by atoms with van der Waals surface area (Å²) in [7, 11) is 0. The van der Waals surface area contributed by atoms with Gasteiger partial charge in [0, 0.05) is 28.0 Å². The maximum absolute atomic E-state index is 13.6. The smallest absolute Gasteiger partial charge is 0.166 e. The number of Topliss-reactive ketones (excluding diaryl/α,β-unsaturated/α-hetero) is 1. The van der Waals surface area contributed by atoms with Crippen LogP contribution in [0.15, 0.2) is 18.2 Å². The number of hydrogen-bond acceptors (Lipinski definition) is 3. The average molecular weight is 294 g/mol. The Morgan fingerprint density at radius 3 is 2.65 bits per heavy atom. The zero-order valence-electron chi connectivity index (χ0n) is 11.6. The van der Waals surface area contributed by atoms with Gasteiger partial charge in [0.2, 0.25) is 0 Å². The Morgan fingerprint density at radius 2 is 2.00 bits per heavy atom. The van der Waals surface area contributed by atoms with Crippen molar-refractivity contribution >= 4 is 17.5 Å². The molecule has 0 spiro atoms. The molecule has 2 bridgehead atoms. The predicted octanol–water partition coefficient (Wildman–Crippen LogP) is 4.08. The molecule has 2 fully saturated rings. The van der Waals surface area contributed by atoms with Gasteiger partial charge in [-0.2, -0.15) is 11.8 Å². The lowest BCUT2D eigenvalue weighted by molar-refractivity contribution is 0.0906. The fourth-order valence-electron chi connectivity index (χ4n) is 3.26. The van der Waals surface area contributed by atoms with Gasteiger partial charge < -0.3 is 4.74 Å². The number of hydrogen-bond donors (Lipinski definition) is 0. The first kappa shape index (κ1) is 13.9. The highest BCUT2D eigenvalue weighted by Gasteiger charge is 2.38. The van der Waals surface area contributed by atoms with Gasteiger partial charge in [-0.1, -0.05) is 0 Å². The van der Waals surface area contributed by atoms with Crippen LogP contribution in [0.5, 0.6) is 5.75 Å². The molecule has 3 rings (SSSR count). The van der Waals surface area contributed by atoms with Crippen LogP contribution >= 0.6 is 11.8 Å². The second-order valence-corrected chi connectivity index (χ2v) is 7.20. The molecule has 0 radical (unpaired) electrons. The zero-order valence-corrected chi connectivity index (χ0v) is 12.4.